The van der Waals surface area contributed by atoms with Gasteiger partial charge in [0.25, 0.3) is 0 Å². The zero-order chi connectivity index (χ0) is 14.7. The Morgan fingerprint density at radius 1 is 1.14 bits per heavy atom. The van der Waals surface area contributed by atoms with E-state index in [1.165, 1.54) is 31.2 Å². The molecule has 1 aromatic carbocycles. The van der Waals surface area contributed by atoms with E-state index in [1.54, 1.807) is 0 Å². The lowest BCUT2D eigenvalue weighted by molar-refractivity contribution is 0.461. The first-order valence-corrected chi connectivity index (χ1v) is 8.54. The third-order valence-corrected chi connectivity index (χ3v) is 4.77. The van der Waals surface area contributed by atoms with Crippen LogP contribution in [0.3, 0.4) is 0 Å². The zero-order valence-corrected chi connectivity index (χ0v) is 13.8. The van der Waals surface area contributed by atoms with E-state index in [1.807, 2.05) is 0 Å². The summed E-state index contributed by atoms with van der Waals surface area (Å²) < 4.78 is 3.25. The van der Waals surface area contributed by atoms with Crippen LogP contribution >= 0.6 is 15.9 Å². The molecule has 1 aliphatic carbocycles. The van der Waals surface area contributed by atoms with E-state index in [2.05, 4.69) is 57.1 Å². The Balaban J connectivity index is 1.56. The number of nitrogens with zero attached hydrogens (tertiary/aromatic N) is 2. The molecule has 1 atom stereocenters. The van der Waals surface area contributed by atoms with E-state index in [0.29, 0.717) is 6.04 Å². The van der Waals surface area contributed by atoms with Crippen LogP contribution in [0.4, 0.5) is 0 Å². The summed E-state index contributed by atoms with van der Waals surface area (Å²) in [7, 11) is 0. The van der Waals surface area contributed by atoms with Gasteiger partial charge in [0.2, 0.25) is 0 Å². The van der Waals surface area contributed by atoms with Crippen LogP contribution in [-0.4, -0.2) is 15.8 Å². The second-order valence-corrected chi connectivity index (χ2v) is 6.94. The third kappa shape index (κ3) is 3.95. The maximum atomic E-state index is 6.28. The number of nitrogens with two attached hydrogens (primary N) is 1. The molecular weight excluding hydrogens is 326 g/mol. The maximum absolute atomic E-state index is 6.28. The molecule has 3 rings (SSSR count). The van der Waals surface area contributed by atoms with Gasteiger partial charge in [-0.15, -0.1) is 0 Å². The second-order valence-electron chi connectivity index (χ2n) is 6.02. The first-order valence-electron chi connectivity index (χ1n) is 7.75. The van der Waals surface area contributed by atoms with Gasteiger partial charge in [-0.25, -0.2) is 0 Å². The Morgan fingerprint density at radius 3 is 2.57 bits per heavy atom. The molecule has 3 nitrogen and oxygen atoms in total. The minimum absolute atomic E-state index is 0.123. The maximum Gasteiger partial charge on any atom is 0.0640 e. The molecule has 0 aliphatic heterocycles. The van der Waals surface area contributed by atoms with Crippen LogP contribution < -0.4 is 5.73 Å². The van der Waals surface area contributed by atoms with Gasteiger partial charge in [-0.2, -0.15) is 5.10 Å². The molecule has 2 N–H and O–H groups in total. The standard InChI is InChI=1S/C17H22BrN3/c18-14-7-5-13(6-8-14)11-15(19)12-16-9-10-21(20-16)17-3-1-2-4-17/h5-10,15,17H,1-4,11-12,19H2. The minimum Gasteiger partial charge on any atom is -0.327 e. The highest BCUT2D eigenvalue weighted by Crippen LogP contribution is 2.28. The average molecular weight is 348 g/mol. The molecule has 1 saturated carbocycles. The summed E-state index contributed by atoms with van der Waals surface area (Å²) in [5.74, 6) is 0. The molecule has 0 radical (unpaired) electrons. The lowest BCUT2D eigenvalue weighted by Crippen LogP contribution is -2.25. The summed E-state index contributed by atoms with van der Waals surface area (Å²) >= 11 is 3.46. The molecule has 1 aliphatic rings. The highest BCUT2D eigenvalue weighted by Gasteiger charge is 2.18. The predicted molar refractivity (Wildman–Crippen MR) is 89.3 cm³/mol. The average Bonchev–Trinajstić information content (AvgIpc) is 3.12. The van der Waals surface area contributed by atoms with Crippen molar-refractivity contribution in [3.63, 3.8) is 0 Å². The Hall–Kier alpha value is -1.13. The Labute approximate surface area is 134 Å². The lowest BCUT2D eigenvalue weighted by Gasteiger charge is -2.11. The van der Waals surface area contributed by atoms with Crippen LogP contribution in [0.2, 0.25) is 0 Å². The number of hydrogen-bond acceptors (Lipinski definition) is 2. The van der Waals surface area contributed by atoms with E-state index in [9.17, 15) is 0 Å². The fourth-order valence-corrected chi connectivity index (χ4v) is 3.39. The van der Waals surface area contributed by atoms with E-state index in [0.717, 1.165) is 23.0 Å². The van der Waals surface area contributed by atoms with Crippen molar-refractivity contribution in [2.24, 2.45) is 5.73 Å². The van der Waals surface area contributed by atoms with Gasteiger partial charge in [0, 0.05) is 23.1 Å². The van der Waals surface area contributed by atoms with E-state index < -0.39 is 0 Å². The van der Waals surface area contributed by atoms with Gasteiger partial charge in [0.15, 0.2) is 0 Å². The number of benzene rings is 1. The summed E-state index contributed by atoms with van der Waals surface area (Å²) in [6, 6.07) is 11.2. The quantitative estimate of drug-likeness (QED) is 0.891. The first-order chi connectivity index (χ1) is 10.2. The van der Waals surface area contributed by atoms with Gasteiger partial charge in [0.1, 0.15) is 0 Å². The van der Waals surface area contributed by atoms with Crippen LogP contribution in [0.15, 0.2) is 41.0 Å². The Morgan fingerprint density at radius 2 is 1.86 bits per heavy atom. The molecule has 1 heterocycles. The highest BCUT2D eigenvalue weighted by molar-refractivity contribution is 9.10. The molecule has 1 unspecified atom stereocenters. The van der Waals surface area contributed by atoms with Crippen molar-refractivity contribution in [2.75, 3.05) is 0 Å². The third-order valence-electron chi connectivity index (χ3n) is 4.24. The SMILES string of the molecule is NC(Cc1ccc(Br)cc1)Cc1ccn(C2CCCC2)n1. The van der Waals surface area contributed by atoms with Crippen molar-refractivity contribution in [1.29, 1.82) is 0 Å². The molecule has 2 aromatic rings. The molecule has 112 valence electrons. The summed E-state index contributed by atoms with van der Waals surface area (Å²) in [6.45, 7) is 0. The van der Waals surface area contributed by atoms with E-state index in [-0.39, 0.29) is 6.04 Å². The topological polar surface area (TPSA) is 43.8 Å². The minimum atomic E-state index is 0.123. The number of hydrogen-bond donors (Lipinski definition) is 1. The molecule has 0 bridgehead atoms. The summed E-state index contributed by atoms with van der Waals surface area (Å²) in [4.78, 5) is 0. The summed E-state index contributed by atoms with van der Waals surface area (Å²) in [5, 5.41) is 4.72. The van der Waals surface area contributed by atoms with Gasteiger partial charge < -0.3 is 5.73 Å². The zero-order valence-electron chi connectivity index (χ0n) is 12.2. The number of halogens is 1. The number of rotatable bonds is 5. The van der Waals surface area contributed by atoms with Gasteiger partial charge in [0.05, 0.1) is 11.7 Å². The van der Waals surface area contributed by atoms with Crippen LogP contribution in [0.5, 0.6) is 0 Å². The van der Waals surface area contributed by atoms with Crippen LogP contribution in [-0.2, 0) is 12.8 Å². The largest absolute Gasteiger partial charge is 0.327 e. The molecule has 1 aromatic heterocycles. The molecule has 0 spiro atoms. The van der Waals surface area contributed by atoms with Crippen molar-refractivity contribution in [3.05, 3.63) is 52.3 Å². The predicted octanol–water partition coefficient (Wildman–Crippen LogP) is 3.87. The lowest BCUT2D eigenvalue weighted by atomic mass is 10.0. The fourth-order valence-electron chi connectivity index (χ4n) is 3.12. The van der Waals surface area contributed by atoms with Crippen LogP contribution in [0.25, 0.3) is 0 Å². The molecular formula is C17H22BrN3. The van der Waals surface area contributed by atoms with Crippen LogP contribution in [0, 0.1) is 0 Å². The van der Waals surface area contributed by atoms with Crippen molar-refractivity contribution in [1.82, 2.24) is 9.78 Å². The monoisotopic (exact) mass is 347 g/mol. The van der Waals surface area contributed by atoms with Gasteiger partial charge in [-0.1, -0.05) is 40.9 Å². The van der Waals surface area contributed by atoms with Crippen molar-refractivity contribution in [2.45, 2.75) is 50.6 Å². The smallest absolute Gasteiger partial charge is 0.0640 e. The highest BCUT2D eigenvalue weighted by atomic mass is 79.9. The molecule has 0 amide bonds. The first kappa shape index (κ1) is 14.8. The molecule has 4 heteroatoms. The van der Waals surface area contributed by atoms with Gasteiger partial charge in [-0.3, -0.25) is 4.68 Å². The summed E-state index contributed by atoms with van der Waals surface area (Å²) in [5.41, 5.74) is 8.67. The summed E-state index contributed by atoms with van der Waals surface area (Å²) in [6.07, 6.45) is 9.07. The van der Waals surface area contributed by atoms with E-state index in [4.69, 9.17) is 10.8 Å². The molecule has 21 heavy (non-hydrogen) atoms. The van der Waals surface area contributed by atoms with E-state index >= 15 is 0 Å². The van der Waals surface area contributed by atoms with Crippen molar-refractivity contribution >= 4 is 15.9 Å². The van der Waals surface area contributed by atoms with Crippen LogP contribution in [0.1, 0.15) is 43.0 Å². The number of aromatic nitrogens is 2. The fraction of sp³-hybridized carbons (Fsp3) is 0.471. The molecule has 1 fully saturated rings. The van der Waals surface area contributed by atoms with Gasteiger partial charge >= 0.3 is 0 Å². The van der Waals surface area contributed by atoms with Gasteiger partial charge in [-0.05, 0) is 43.0 Å². The van der Waals surface area contributed by atoms with Crippen molar-refractivity contribution in [3.8, 4) is 0 Å². The normalized spacial score (nSPS) is 17.2. The Kier molecular flexibility index (Phi) is 4.76. The second kappa shape index (κ2) is 6.75. The van der Waals surface area contributed by atoms with Crippen molar-refractivity contribution < 1.29 is 0 Å². The molecule has 0 saturated heterocycles. The Bertz CT molecular complexity index is 570.